The summed E-state index contributed by atoms with van der Waals surface area (Å²) >= 11 is 0.907. The maximum atomic E-state index is 13.1. The summed E-state index contributed by atoms with van der Waals surface area (Å²) in [4.78, 5) is 10.5. The number of benzene rings is 1. The van der Waals surface area contributed by atoms with Crippen LogP contribution in [0.3, 0.4) is 0 Å². The topological polar surface area (TPSA) is 43.1 Å². The van der Waals surface area contributed by atoms with E-state index >= 15 is 0 Å². The van der Waals surface area contributed by atoms with Crippen LogP contribution >= 0.6 is 11.3 Å². The summed E-state index contributed by atoms with van der Waals surface area (Å²) in [5.41, 5.74) is 6.23. The van der Waals surface area contributed by atoms with Gasteiger partial charge in [0.15, 0.2) is 11.4 Å². The lowest BCUT2D eigenvalue weighted by Crippen LogP contribution is -1.84. The number of carbonyl (C=O) groups excluding carboxylic acids is 1. The maximum Gasteiger partial charge on any atom is 0.188 e. The van der Waals surface area contributed by atoms with Crippen LogP contribution in [0.15, 0.2) is 18.2 Å². The summed E-state index contributed by atoms with van der Waals surface area (Å²) in [7, 11) is 0. The van der Waals surface area contributed by atoms with Crippen LogP contribution in [-0.2, 0) is 0 Å². The zero-order chi connectivity index (χ0) is 9.42. The Balaban J connectivity index is 2.93. The maximum absolute atomic E-state index is 13.1. The number of nitrogens with two attached hydrogens (primary N) is 1. The van der Waals surface area contributed by atoms with Crippen molar-refractivity contribution in [2.75, 3.05) is 5.73 Å². The van der Waals surface area contributed by atoms with E-state index in [-0.39, 0.29) is 5.56 Å². The zero-order valence-electron chi connectivity index (χ0n) is 6.58. The summed E-state index contributed by atoms with van der Waals surface area (Å²) in [5, 5.41) is 0.125. The normalized spacial score (nSPS) is 10.5. The van der Waals surface area contributed by atoms with Crippen LogP contribution in [-0.4, -0.2) is 6.29 Å². The Morgan fingerprint density at radius 3 is 2.92 bits per heavy atom. The van der Waals surface area contributed by atoms with E-state index in [1.807, 2.05) is 0 Å². The first-order valence-corrected chi connectivity index (χ1v) is 4.47. The first kappa shape index (κ1) is 8.19. The van der Waals surface area contributed by atoms with Gasteiger partial charge in [-0.05, 0) is 6.07 Å². The molecule has 1 heterocycles. The third-order valence-electron chi connectivity index (χ3n) is 1.86. The molecule has 66 valence electrons. The summed E-state index contributed by atoms with van der Waals surface area (Å²) in [6, 6.07) is 5.08. The van der Waals surface area contributed by atoms with Crippen LogP contribution in [0.2, 0.25) is 0 Å². The van der Waals surface area contributed by atoms with Gasteiger partial charge in [0.1, 0.15) is 0 Å². The predicted octanol–water partition coefficient (Wildman–Crippen LogP) is 2.44. The number of rotatable bonds is 1. The molecule has 0 radical (unpaired) electrons. The average Bonchev–Trinajstić information content (AvgIpc) is 2.43. The van der Waals surface area contributed by atoms with Gasteiger partial charge in [-0.2, -0.15) is 4.39 Å². The van der Waals surface area contributed by atoms with E-state index in [0.717, 1.165) is 11.3 Å². The van der Waals surface area contributed by atoms with E-state index in [2.05, 4.69) is 0 Å². The molecule has 2 rings (SSSR count). The quantitative estimate of drug-likeness (QED) is 0.561. The van der Waals surface area contributed by atoms with Crippen molar-refractivity contribution in [1.82, 2.24) is 0 Å². The largest absolute Gasteiger partial charge is 0.398 e. The van der Waals surface area contributed by atoms with Crippen LogP contribution in [0.1, 0.15) is 10.4 Å². The first-order chi connectivity index (χ1) is 6.24. The van der Waals surface area contributed by atoms with Gasteiger partial charge in [-0.1, -0.05) is 12.1 Å². The summed E-state index contributed by atoms with van der Waals surface area (Å²) in [6.07, 6.45) is 0.521. The number of aldehydes is 1. The SMILES string of the molecule is Nc1cccc2c(C=O)c(F)sc12. The molecule has 1 aromatic heterocycles. The summed E-state index contributed by atoms with van der Waals surface area (Å²) in [6.45, 7) is 0. The van der Waals surface area contributed by atoms with Crippen molar-refractivity contribution in [3.63, 3.8) is 0 Å². The van der Waals surface area contributed by atoms with Crippen molar-refractivity contribution in [1.29, 1.82) is 0 Å². The van der Waals surface area contributed by atoms with Crippen molar-refractivity contribution in [3.8, 4) is 0 Å². The van der Waals surface area contributed by atoms with Crippen LogP contribution in [0.4, 0.5) is 10.1 Å². The number of anilines is 1. The molecule has 0 spiro atoms. The molecule has 2 N–H and O–H groups in total. The third-order valence-corrected chi connectivity index (χ3v) is 2.92. The highest BCUT2D eigenvalue weighted by Gasteiger charge is 2.12. The van der Waals surface area contributed by atoms with Crippen molar-refractivity contribution in [2.24, 2.45) is 0 Å². The fourth-order valence-corrected chi connectivity index (χ4v) is 2.16. The van der Waals surface area contributed by atoms with E-state index in [1.165, 1.54) is 0 Å². The van der Waals surface area contributed by atoms with Gasteiger partial charge in [-0.25, -0.2) is 0 Å². The second-order valence-corrected chi connectivity index (χ2v) is 3.60. The Bertz CT molecular complexity index is 478. The molecule has 0 fully saturated rings. The lowest BCUT2D eigenvalue weighted by molar-refractivity contribution is 0.112. The summed E-state index contributed by atoms with van der Waals surface area (Å²) < 4.78 is 13.8. The molecule has 0 saturated carbocycles. The first-order valence-electron chi connectivity index (χ1n) is 3.65. The minimum absolute atomic E-state index is 0.104. The Morgan fingerprint density at radius 1 is 1.46 bits per heavy atom. The van der Waals surface area contributed by atoms with Crippen LogP contribution in [0.25, 0.3) is 10.1 Å². The second kappa shape index (κ2) is 2.81. The molecule has 0 aliphatic rings. The van der Waals surface area contributed by atoms with E-state index < -0.39 is 5.13 Å². The standard InChI is InChI=1S/C9H6FNOS/c10-9-6(4-12)5-2-1-3-7(11)8(5)13-9/h1-4H,11H2. The highest BCUT2D eigenvalue weighted by molar-refractivity contribution is 7.18. The molecular formula is C9H6FNOS. The molecule has 0 aliphatic carbocycles. The Kier molecular flexibility index (Phi) is 1.77. The number of halogens is 1. The van der Waals surface area contributed by atoms with Gasteiger partial charge >= 0.3 is 0 Å². The van der Waals surface area contributed by atoms with Crippen LogP contribution < -0.4 is 5.73 Å². The molecule has 0 atom stereocenters. The molecule has 1 aromatic carbocycles. The molecule has 0 aliphatic heterocycles. The fraction of sp³-hybridized carbons (Fsp3) is 0. The Labute approximate surface area is 77.8 Å². The number of thiophene rings is 1. The van der Waals surface area contributed by atoms with E-state index in [4.69, 9.17) is 5.73 Å². The van der Waals surface area contributed by atoms with E-state index in [0.29, 0.717) is 22.1 Å². The van der Waals surface area contributed by atoms with E-state index in [1.54, 1.807) is 18.2 Å². The molecule has 13 heavy (non-hydrogen) atoms. The van der Waals surface area contributed by atoms with Gasteiger partial charge in [0.05, 0.1) is 10.3 Å². The lowest BCUT2D eigenvalue weighted by Gasteiger charge is -1.93. The number of fused-ring (bicyclic) bond motifs is 1. The van der Waals surface area contributed by atoms with Crippen molar-refractivity contribution in [2.45, 2.75) is 0 Å². The Morgan fingerprint density at radius 2 is 2.23 bits per heavy atom. The van der Waals surface area contributed by atoms with Gasteiger partial charge in [-0.3, -0.25) is 4.79 Å². The fourth-order valence-electron chi connectivity index (χ4n) is 1.24. The van der Waals surface area contributed by atoms with Gasteiger partial charge in [0.2, 0.25) is 0 Å². The molecule has 4 heteroatoms. The van der Waals surface area contributed by atoms with Crippen molar-refractivity contribution < 1.29 is 9.18 Å². The number of nitrogen functional groups attached to an aromatic ring is 1. The molecular weight excluding hydrogens is 189 g/mol. The lowest BCUT2D eigenvalue weighted by atomic mass is 10.2. The van der Waals surface area contributed by atoms with Crippen molar-refractivity contribution >= 4 is 33.4 Å². The van der Waals surface area contributed by atoms with Crippen molar-refractivity contribution in [3.05, 3.63) is 28.9 Å². The van der Waals surface area contributed by atoms with E-state index in [9.17, 15) is 9.18 Å². The number of hydrogen-bond acceptors (Lipinski definition) is 3. The molecule has 0 bridgehead atoms. The molecule has 2 nitrogen and oxygen atoms in total. The monoisotopic (exact) mass is 195 g/mol. The zero-order valence-corrected chi connectivity index (χ0v) is 7.40. The second-order valence-electron chi connectivity index (χ2n) is 2.63. The smallest absolute Gasteiger partial charge is 0.188 e. The van der Waals surface area contributed by atoms with Crippen LogP contribution in [0, 0.1) is 5.13 Å². The van der Waals surface area contributed by atoms with Gasteiger partial charge in [0, 0.05) is 11.1 Å². The number of carbonyl (C=O) groups is 1. The summed E-state index contributed by atoms with van der Waals surface area (Å²) in [5.74, 6) is 0. The third kappa shape index (κ3) is 1.10. The predicted molar refractivity (Wildman–Crippen MR) is 51.6 cm³/mol. The molecule has 0 unspecified atom stereocenters. The van der Waals surface area contributed by atoms with Gasteiger partial charge in [0.25, 0.3) is 0 Å². The molecule has 2 aromatic rings. The minimum Gasteiger partial charge on any atom is -0.398 e. The number of hydrogen-bond donors (Lipinski definition) is 1. The molecule has 0 amide bonds. The molecule has 0 saturated heterocycles. The van der Waals surface area contributed by atoms with Gasteiger partial charge < -0.3 is 5.73 Å². The average molecular weight is 195 g/mol. The van der Waals surface area contributed by atoms with Gasteiger partial charge in [-0.15, -0.1) is 11.3 Å². The highest BCUT2D eigenvalue weighted by atomic mass is 32.1. The highest BCUT2D eigenvalue weighted by Crippen LogP contribution is 2.32. The Hall–Kier alpha value is -1.42. The minimum atomic E-state index is -0.470. The van der Waals surface area contributed by atoms with Crippen LogP contribution in [0.5, 0.6) is 0 Å².